The van der Waals surface area contributed by atoms with E-state index in [0.717, 1.165) is 22.7 Å². The van der Waals surface area contributed by atoms with Crippen molar-refractivity contribution in [1.29, 1.82) is 0 Å². The van der Waals surface area contributed by atoms with E-state index in [9.17, 15) is 4.79 Å². The maximum Gasteiger partial charge on any atom is 0.192 e. The van der Waals surface area contributed by atoms with E-state index in [4.69, 9.17) is 4.42 Å². The number of hydrogen-bond acceptors (Lipinski definition) is 5. The second-order valence-electron chi connectivity index (χ2n) is 6.76. The number of aromatic nitrogens is 3. The van der Waals surface area contributed by atoms with Gasteiger partial charge in [-0.15, -0.1) is 10.2 Å². The van der Waals surface area contributed by atoms with Gasteiger partial charge in [-0.1, -0.05) is 72.4 Å². The van der Waals surface area contributed by atoms with Crippen LogP contribution >= 0.6 is 11.8 Å². The third-order valence-electron chi connectivity index (χ3n) is 4.71. The van der Waals surface area contributed by atoms with Crippen LogP contribution in [0.15, 0.2) is 82.6 Å². The summed E-state index contributed by atoms with van der Waals surface area (Å²) in [4.78, 5) is 12.8. The van der Waals surface area contributed by atoms with Crippen molar-refractivity contribution in [2.75, 3.05) is 0 Å². The van der Waals surface area contributed by atoms with Crippen molar-refractivity contribution < 1.29 is 9.21 Å². The Labute approximate surface area is 173 Å². The Balaban J connectivity index is 1.67. The lowest BCUT2D eigenvalue weighted by Crippen LogP contribution is -2.15. The van der Waals surface area contributed by atoms with E-state index in [0.29, 0.717) is 17.3 Å². The Morgan fingerprint density at radius 3 is 2.38 bits per heavy atom. The SMILES string of the molecule is Cc1occc1-c1nnc(SC(C)C(=O)c2ccccc2)n1Cc1ccccc1. The molecule has 4 aromatic rings. The number of carbonyl (C=O) groups excluding carboxylic acids is 1. The molecule has 0 aliphatic rings. The second-order valence-corrected chi connectivity index (χ2v) is 8.07. The number of aryl methyl sites for hydroxylation is 1. The highest BCUT2D eigenvalue weighted by atomic mass is 32.2. The third kappa shape index (κ3) is 4.17. The third-order valence-corrected chi connectivity index (χ3v) is 5.79. The summed E-state index contributed by atoms with van der Waals surface area (Å²) in [6, 6.07) is 21.4. The van der Waals surface area contributed by atoms with Gasteiger partial charge in [0, 0.05) is 5.56 Å². The zero-order chi connectivity index (χ0) is 20.2. The fraction of sp³-hybridized carbons (Fsp3) is 0.174. The number of thioether (sulfide) groups is 1. The van der Waals surface area contributed by atoms with Gasteiger partial charge in [0.15, 0.2) is 16.8 Å². The molecule has 0 aliphatic carbocycles. The van der Waals surface area contributed by atoms with Crippen LogP contribution in [0.5, 0.6) is 0 Å². The summed E-state index contributed by atoms with van der Waals surface area (Å²) in [5.74, 6) is 1.60. The molecule has 4 rings (SSSR count). The molecule has 5 nitrogen and oxygen atoms in total. The first-order chi connectivity index (χ1) is 14.1. The molecule has 0 saturated carbocycles. The van der Waals surface area contributed by atoms with Gasteiger partial charge < -0.3 is 4.42 Å². The Morgan fingerprint density at radius 1 is 1.03 bits per heavy atom. The zero-order valence-electron chi connectivity index (χ0n) is 16.3. The average Bonchev–Trinajstić information content (AvgIpc) is 3.34. The topological polar surface area (TPSA) is 60.9 Å². The smallest absolute Gasteiger partial charge is 0.192 e. The van der Waals surface area contributed by atoms with E-state index >= 15 is 0 Å². The van der Waals surface area contributed by atoms with E-state index < -0.39 is 0 Å². The van der Waals surface area contributed by atoms with Crippen LogP contribution in [-0.4, -0.2) is 25.8 Å². The number of rotatable bonds is 7. The van der Waals surface area contributed by atoms with Crippen molar-refractivity contribution in [3.63, 3.8) is 0 Å². The van der Waals surface area contributed by atoms with Crippen LogP contribution in [0, 0.1) is 6.92 Å². The largest absolute Gasteiger partial charge is 0.469 e. The number of hydrogen-bond donors (Lipinski definition) is 0. The molecule has 1 unspecified atom stereocenters. The van der Waals surface area contributed by atoms with Gasteiger partial charge in [-0.2, -0.15) is 0 Å². The lowest BCUT2D eigenvalue weighted by atomic mass is 10.1. The molecule has 2 aromatic carbocycles. The molecule has 0 saturated heterocycles. The van der Waals surface area contributed by atoms with Gasteiger partial charge in [0.2, 0.25) is 0 Å². The van der Waals surface area contributed by atoms with Gasteiger partial charge in [-0.3, -0.25) is 9.36 Å². The minimum absolute atomic E-state index is 0.0749. The lowest BCUT2D eigenvalue weighted by Gasteiger charge is -2.13. The number of carbonyl (C=O) groups is 1. The summed E-state index contributed by atoms with van der Waals surface area (Å²) in [5, 5.41) is 9.26. The van der Waals surface area contributed by atoms with Crippen molar-refractivity contribution in [2.24, 2.45) is 0 Å². The zero-order valence-corrected chi connectivity index (χ0v) is 17.1. The standard InChI is InChI=1S/C23H21N3O2S/c1-16-20(13-14-28-16)22-24-25-23(26(22)15-18-9-5-3-6-10-18)29-17(2)21(27)19-11-7-4-8-12-19/h3-14,17H,15H2,1-2H3. The van der Waals surface area contributed by atoms with Crippen molar-refractivity contribution in [2.45, 2.75) is 30.8 Å². The summed E-state index contributed by atoms with van der Waals surface area (Å²) in [5.41, 5.74) is 2.74. The highest BCUT2D eigenvalue weighted by Gasteiger charge is 2.23. The van der Waals surface area contributed by atoms with Crippen LogP contribution in [0.4, 0.5) is 0 Å². The first-order valence-electron chi connectivity index (χ1n) is 9.41. The minimum Gasteiger partial charge on any atom is -0.469 e. The Bertz CT molecular complexity index is 1100. The molecule has 0 amide bonds. The molecule has 1 atom stereocenters. The van der Waals surface area contributed by atoms with E-state index in [-0.39, 0.29) is 11.0 Å². The highest BCUT2D eigenvalue weighted by molar-refractivity contribution is 8.00. The maximum atomic E-state index is 12.8. The number of benzene rings is 2. The van der Waals surface area contributed by atoms with E-state index in [2.05, 4.69) is 22.3 Å². The van der Waals surface area contributed by atoms with Crippen molar-refractivity contribution in [3.8, 4) is 11.4 Å². The number of Topliss-reactive ketones (excluding diaryl/α,β-unsaturated/α-hetero) is 1. The van der Waals surface area contributed by atoms with Crippen LogP contribution < -0.4 is 0 Å². The number of ketones is 1. The maximum absolute atomic E-state index is 12.8. The quantitative estimate of drug-likeness (QED) is 0.311. The number of furan rings is 1. The van der Waals surface area contributed by atoms with Crippen molar-refractivity contribution >= 4 is 17.5 Å². The van der Waals surface area contributed by atoms with E-state index in [1.807, 2.05) is 73.0 Å². The van der Waals surface area contributed by atoms with Gasteiger partial charge in [0.05, 0.1) is 23.6 Å². The second kappa shape index (κ2) is 8.49. The van der Waals surface area contributed by atoms with Crippen LogP contribution in [0.2, 0.25) is 0 Å². The Hall–Kier alpha value is -3.12. The van der Waals surface area contributed by atoms with Crippen molar-refractivity contribution in [3.05, 3.63) is 89.9 Å². The van der Waals surface area contributed by atoms with E-state index in [1.54, 1.807) is 6.26 Å². The Morgan fingerprint density at radius 2 is 1.72 bits per heavy atom. The molecule has 0 spiro atoms. The molecule has 0 bridgehead atoms. The molecule has 0 fully saturated rings. The minimum atomic E-state index is -0.283. The molecule has 29 heavy (non-hydrogen) atoms. The first kappa shape index (κ1) is 19.2. The van der Waals surface area contributed by atoms with Crippen molar-refractivity contribution in [1.82, 2.24) is 14.8 Å². The summed E-state index contributed by atoms with van der Waals surface area (Å²) < 4.78 is 7.52. The lowest BCUT2D eigenvalue weighted by molar-refractivity contribution is 0.0994. The monoisotopic (exact) mass is 403 g/mol. The molecule has 2 aromatic heterocycles. The van der Waals surface area contributed by atoms with Gasteiger partial charge in [-0.05, 0) is 25.5 Å². The number of nitrogens with zero attached hydrogens (tertiary/aromatic N) is 3. The summed E-state index contributed by atoms with van der Waals surface area (Å²) in [6.45, 7) is 4.43. The molecular weight excluding hydrogens is 382 g/mol. The fourth-order valence-electron chi connectivity index (χ4n) is 3.15. The van der Waals surface area contributed by atoms with Gasteiger partial charge in [0.1, 0.15) is 5.76 Å². The predicted octanol–water partition coefficient (Wildman–Crippen LogP) is 5.26. The molecule has 0 aliphatic heterocycles. The normalized spacial score (nSPS) is 12.1. The summed E-state index contributed by atoms with van der Waals surface area (Å²) in [6.07, 6.45) is 1.65. The molecule has 6 heteroatoms. The van der Waals surface area contributed by atoms with Gasteiger partial charge >= 0.3 is 0 Å². The average molecular weight is 404 g/mol. The molecular formula is C23H21N3O2S. The fourth-order valence-corrected chi connectivity index (χ4v) is 4.07. The highest BCUT2D eigenvalue weighted by Crippen LogP contribution is 2.30. The van der Waals surface area contributed by atoms with Crippen LogP contribution in [-0.2, 0) is 6.54 Å². The Kier molecular flexibility index (Phi) is 5.62. The summed E-state index contributed by atoms with van der Waals surface area (Å²) >= 11 is 1.43. The molecule has 2 heterocycles. The predicted molar refractivity (Wildman–Crippen MR) is 114 cm³/mol. The molecule has 0 N–H and O–H groups in total. The van der Waals surface area contributed by atoms with Gasteiger partial charge in [-0.25, -0.2) is 0 Å². The first-order valence-corrected chi connectivity index (χ1v) is 10.3. The van der Waals surface area contributed by atoms with Gasteiger partial charge in [0.25, 0.3) is 0 Å². The summed E-state index contributed by atoms with van der Waals surface area (Å²) in [7, 11) is 0. The van der Waals surface area contributed by atoms with Crippen LogP contribution in [0.3, 0.4) is 0 Å². The molecule has 146 valence electrons. The molecule has 0 radical (unpaired) electrons. The van der Waals surface area contributed by atoms with Crippen LogP contribution in [0.1, 0.15) is 28.6 Å². The van der Waals surface area contributed by atoms with E-state index in [1.165, 1.54) is 11.8 Å². The van der Waals surface area contributed by atoms with Crippen LogP contribution in [0.25, 0.3) is 11.4 Å².